The zero-order chi connectivity index (χ0) is 20.6. The number of halogens is 1. The third kappa shape index (κ3) is 3.53. The third-order valence-electron chi connectivity index (χ3n) is 6.67. The summed E-state index contributed by atoms with van der Waals surface area (Å²) in [5.74, 6) is 1.23. The van der Waals surface area contributed by atoms with Crippen molar-refractivity contribution in [3.63, 3.8) is 0 Å². The highest BCUT2D eigenvalue weighted by atomic mass is 35.5. The van der Waals surface area contributed by atoms with Gasteiger partial charge in [-0.3, -0.25) is 4.90 Å². The molecule has 1 aliphatic carbocycles. The van der Waals surface area contributed by atoms with Crippen LogP contribution in [0, 0.1) is 5.92 Å². The fourth-order valence-corrected chi connectivity index (χ4v) is 5.41. The molecule has 2 aliphatic rings. The molecule has 1 N–H and O–H groups in total. The standard InChI is InChI=1S/C23H25ClN4O2/c24-21-17(9-6-13-25-21)22-26-20(30-27-22)15-28-14-12-23(29,16-7-2-1-3-8-16)18-10-4-5-11-19(18)28/h1-3,6-9,13,18-19,29H,4-5,10-12,14-15H2/t18-,19+,23-/m0/s1. The van der Waals surface area contributed by atoms with Gasteiger partial charge in [-0.15, -0.1) is 0 Å². The van der Waals surface area contributed by atoms with Gasteiger partial charge in [0.05, 0.1) is 17.7 Å². The Morgan fingerprint density at radius 2 is 1.97 bits per heavy atom. The molecule has 0 radical (unpaired) electrons. The molecule has 156 valence electrons. The molecule has 2 aromatic heterocycles. The average Bonchev–Trinajstić information content (AvgIpc) is 3.25. The summed E-state index contributed by atoms with van der Waals surface area (Å²) in [5.41, 5.74) is 0.932. The Balaban J connectivity index is 1.37. The van der Waals surface area contributed by atoms with Gasteiger partial charge < -0.3 is 9.63 Å². The molecule has 2 fully saturated rings. The summed E-state index contributed by atoms with van der Waals surface area (Å²) >= 11 is 6.17. The van der Waals surface area contributed by atoms with E-state index in [1.54, 1.807) is 12.3 Å². The molecule has 30 heavy (non-hydrogen) atoms. The molecule has 0 amide bonds. The number of aliphatic hydroxyl groups is 1. The minimum Gasteiger partial charge on any atom is -0.385 e. The molecule has 1 aromatic carbocycles. The summed E-state index contributed by atoms with van der Waals surface area (Å²) in [6, 6.07) is 14.1. The number of rotatable bonds is 4. The Kier molecular flexibility index (Phi) is 5.31. The topological polar surface area (TPSA) is 75.3 Å². The number of fused-ring (bicyclic) bond motifs is 1. The lowest BCUT2D eigenvalue weighted by Gasteiger charge is -2.52. The SMILES string of the molecule is O[C@]1(c2ccccc2)CCN(Cc2nc(-c3cccnc3Cl)no2)[C@@H]2CCCC[C@@H]21. The molecule has 5 rings (SSSR count). The second kappa shape index (κ2) is 8.10. The Morgan fingerprint density at radius 1 is 1.13 bits per heavy atom. The van der Waals surface area contributed by atoms with E-state index in [9.17, 15) is 5.11 Å². The molecule has 0 spiro atoms. The van der Waals surface area contributed by atoms with Gasteiger partial charge >= 0.3 is 0 Å². The fraction of sp³-hybridized carbons (Fsp3) is 0.435. The molecular weight excluding hydrogens is 400 g/mol. The molecule has 1 saturated heterocycles. The smallest absolute Gasteiger partial charge is 0.241 e. The molecule has 3 aromatic rings. The van der Waals surface area contributed by atoms with E-state index < -0.39 is 5.60 Å². The molecule has 3 atom stereocenters. The summed E-state index contributed by atoms with van der Waals surface area (Å²) in [6.45, 7) is 1.37. The zero-order valence-corrected chi connectivity index (χ0v) is 17.5. The molecule has 1 aliphatic heterocycles. The lowest BCUT2D eigenvalue weighted by molar-refractivity contribution is -0.124. The minimum absolute atomic E-state index is 0.206. The normalized spacial score (nSPS) is 27.0. The number of pyridine rings is 1. The predicted octanol–water partition coefficient (Wildman–Crippen LogP) is 4.44. The maximum absolute atomic E-state index is 11.7. The maximum Gasteiger partial charge on any atom is 0.241 e. The van der Waals surface area contributed by atoms with Crippen molar-refractivity contribution < 1.29 is 9.63 Å². The summed E-state index contributed by atoms with van der Waals surface area (Å²) in [5, 5.41) is 16.2. The highest BCUT2D eigenvalue weighted by Gasteiger charge is 2.49. The van der Waals surface area contributed by atoms with E-state index in [1.165, 1.54) is 6.42 Å². The van der Waals surface area contributed by atoms with Crippen molar-refractivity contribution in [1.82, 2.24) is 20.0 Å². The lowest BCUT2D eigenvalue weighted by Crippen LogP contribution is -2.57. The molecular formula is C23H25ClN4O2. The van der Waals surface area contributed by atoms with Crippen LogP contribution in [0.15, 0.2) is 53.2 Å². The van der Waals surface area contributed by atoms with E-state index in [1.807, 2.05) is 24.3 Å². The largest absolute Gasteiger partial charge is 0.385 e. The first-order valence-electron chi connectivity index (χ1n) is 10.6. The van der Waals surface area contributed by atoms with Gasteiger partial charge in [0, 0.05) is 24.7 Å². The van der Waals surface area contributed by atoms with Gasteiger partial charge in [-0.2, -0.15) is 4.98 Å². The van der Waals surface area contributed by atoms with Crippen LogP contribution in [0.3, 0.4) is 0 Å². The summed E-state index contributed by atoms with van der Waals surface area (Å²) in [6.07, 6.45) is 6.80. The van der Waals surface area contributed by atoms with Gasteiger partial charge in [0.1, 0.15) is 5.15 Å². The monoisotopic (exact) mass is 424 g/mol. The Hall–Kier alpha value is -2.28. The van der Waals surface area contributed by atoms with E-state index >= 15 is 0 Å². The number of hydrogen-bond acceptors (Lipinski definition) is 6. The van der Waals surface area contributed by atoms with Crippen LogP contribution >= 0.6 is 11.6 Å². The first-order chi connectivity index (χ1) is 14.6. The van der Waals surface area contributed by atoms with Gasteiger partial charge in [0.25, 0.3) is 0 Å². The van der Waals surface area contributed by atoms with Crippen molar-refractivity contribution in [3.8, 4) is 11.4 Å². The summed E-state index contributed by atoms with van der Waals surface area (Å²) in [4.78, 5) is 11.1. The van der Waals surface area contributed by atoms with Crippen molar-refractivity contribution in [1.29, 1.82) is 0 Å². The first-order valence-corrected chi connectivity index (χ1v) is 11.0. The van der Waals surface area contributed by atoms with Crippen LogP contribution in [-0.4, -0.2) is 37.7 Å². The van der Waals surface area contributed by atoms with Crippen LogP contribution < -0.4 is 0 Å². The number of likely N-dealkylation sites (tertiary alicyclic amines) is 1. The Labute approximate surface area is 180 Å². The Morgan fingerprint density at radius 3 is 2.80 bits per heavy atom. The molecule has 1 saturated carbocycles. The van der Waals surface area contributed by atoms with Crippen LogP contribution in [0.4, 0.5) is 0 Å². The van der Waals surface area contributed by atoms with E-state index in [0.717, 1.165) is 31.4 Å². The molecule has 3 heterocycles. The van der Waals surface area contributed by atoms with Crippen molar-refractivity contribution in [2.75, 3.05) is 6.54 Å². The van der Waals surface area contributed by atoms with Gasteiger partial charge in [0.15, 0.2) is 0 Å². The van der Waals surface area contributed by atoms with Crippen molar-refractivity contribution >= 4 is 11.6 Å². The number of piperidine rings is 1. The quantitative estimate of drug-likeness (QED) is 0.624. The van der Waals surface area contributed by atoms with E-state index in [4.69, 9.17) is 16.1 Å². The number of aromatic nitrogens is 3. The van der Waals surface area contributed by atoms with E-state index in [2.05, 4.69) is 32.2 Å². The molecule has 0 bridgehead atoms. The predicted molar refractivity (Wildman–Crippen MR) is 114 cm³/mol. The third-order valence-corrected chi connectivity index (χ3v) is 6.97. The highest BCUT2D eigenvalue weighted by Crippen LogP contribution is 2.47. The average molecular weight is 425 g/mol. The van der Waals surface area contributed by atoms with Gasteiger partial charge in [-0.25, -0.2) is 4.98 Å². The van der Waals surface area contributed by atoms with Crippen molar-refractivity contribution in [3.05, 3.63) is 65.3 Å². The van der Waals surface area contributed by atoms with Crippen LogP contribution in [0.2, 0.25) is 5.15 Å². The molecule has 0 unspecified atom stereocenters. The van der Waals surface area contributed by atoms with Crippen LogP contribution in [0.25, 0.3) is 11.4 Å². The van der Waals surface area contributed by atoms with E-state index in [0.29, 0.717) is 41.4 Å². The van der Waals surface area contributed by atoms with Crippen LogP contribution in [-0.2, 0) is 12.1 Å². The van der Waals surface area contributed by atoms with Crippen molar-refractivity contribution in [2.24, 2.45) is 5.92 Å². The summed E-state index contributed by atoms with van der Waals surface area (Å²) in [7, 11) is 0. The lowest BCUT2D eigenvalue weighted by atomic mass is 9.66. The van der Waals surface area contributed by atoms with Gasteiger partial charge in [-0.1, -0.05) is 59.9 Å². The number of nitrogens with zero attached hydrogens (tertiary/aromatic N) is 4. The fourth-order valence-electron chi connectivity index (χ4n) is 5.21. The summed E-state index contributed by atoms with van der Waals surface area (Å²) < 4.78 is 5.54. The zero-order valence-electron chi connectivity index (χ0n) is 16.7. The van der Waals surface area contributed by atoms with Gasteiger partial charge in [0.2, 0.25) is 11.7 Å². The van der Waals surface area contributed by atoms with Gasteiger partial charge in [-0.05, 0) is 37.0 Å². The maximum atomic E-state index is 11.7. The van der Waals surface area contributed by atoms with Crippen LogP contribution in [0.5, 0.6) is 0 Å². The highest BCUT2D eigenvalue weighted by molar-refractivity contribution is 6.31. The molecule has 6 nitrogen and oxygen atoms in total. The number of hydrogen-bond donors (Lipinski definition) is 1. The Bertz CT molecular complexity index is 1010. The molecule has 7 heteroatoms. The van der Waals surface area contributed by atoms with Crippen LogP contribution in [0.1, 0.15) is 43.6 Å². The second-order valence-corrected chi connectivity index (χ2v) is 8.68. The number of benzene rings is 1. The minimum atomic E-state index is -0.772. The van der Waals surface area contributed by atoms with E-state index in [-0.39, 0.29) is 5.92 Å². The second-order valence-electron chi connectivity index (χ2n) is 8.32. The van der Waals surface area contributed by atoms with Crippen molar-refractivity contribution in [2.45, 2.75) is 50.3 Å². The first kappa shape index (κ1) is 19.7.